The van der Waals surface area contributed by atoms with E-state index in [2.05, 4.69) is 22.3 Å². The van der Waals surface area contributed by atoms with Gasteiger partial charge >= 0.3 is 0 Å². The summed E-state index contributed by atoms with van der Waals surface area (Å²) in [4.78, 5) is 29.0. The molecule has 0 bridgehead atoms. The molecule has 1 saturated heterocycles. The second kappa shape index (κ2) is 8.11. The van der Waals surface area contributed by atoms with Crippen molar-refractivity contribution in [2.75, 3.05) is 23.3 Å². The highest BCUT2D eigenvalue weighted by molar-refractivity contribution is 5.93. The van der Waals surface area contributed by atoms with Crippen molar-refractivity contribution in [3.63, 3.8) is 0 Å². The molecule has 1 unspecified atom stereocenters. The van der Waals surface area contributed by atoms with Crippen LogP contribution in [0, 0.1) is 6.92 Å². The van der Waals surface area contributed by atoms with E-state index >= 15 is 0 Å². The minimum Gasteiger partial charge on any atom is -0.372 e. The molecule has 2 aliphatic heterocycles. The fourth-order valence-corrected chi connectivity index (χ4v) is 4.25. The number of anilines is 2. The topological polar surface area (TPSA) is 52.7 Å². The summed E-state index contributed by atoms with van der Waals surface area (Å²) in [6, 6.07) is 13.8. The number of carbonyl (C=O) groups is 2. The Labute approximate surface area is 172 Å². The molecule has 2 aliphatic rings. The fraction of sp³-hybridized carbons (Fsp3) is 0.333. The molecule has 1 fully saturated rings. The van der Waals surface area contributed by atoms with Gasteiger partial charge in [-0.2, -0.15) is 0 Å². The summed E-state index contributed by atoms with van der Waals surface area (Å²) in [5, 5.41) is 3.05. The van der Waals surface area contributed by atoms with E-state index in [9.17, 15) is 9.59 Å². The SMILES string of the molecule is CC(=O)N1C=Cc2ccccc2C1CC(=O)Nc1ccc(N2CCCC2)cc1C. The number of nitrogens with one attached hydrogen (secondary N) is 1. The van der Waals surface area contributed by atoms with Crippen molar-refractivity contribution in [3.8, 4) is 0 Å². The number of nitrogens with zero attached hydrogens (tertiary/aromatic N) is 2. The number of amides is 2. The Morgan fingerprint density at radius 1 is 1.10 bits per heavy atom. The third kappa shape index (κ3) is 4.04. The molecule has 4 rings (SSSR count). The molecule has 2 heterocycles. The Morgan fingerprint density at radius 2 is 1.86 bits per heavy atom. The van der Waals surface area contributed by atoms with Crippen LogP contribution in [0.5, 0.6) is 0 Å². The number of aryl methyl sites for hydroxylation is 1. The van der Waals surface area contributed by atoms with Crippen molar-refractivity contribution in [1.29, 1.82) is 0 Å². The van der Waals surface area contributed by atoms with Crippen molar-refractivity contribution >= 4 is 29.3 Å². The maximum atomic E-state index is 12.9. The zero-order chi connectivity index (χ0) is 20.4. The molecule has 29 heavy (non-hydrogen) atoms. The third-order valence-electron chi connectivity index (χ3n) is 5.80. The van der Waals surface area contributed by atoms with E-state index in [0.717, 1.165) is 35.5 Å². The number of fused-ring (bicyclic) bond motifs is 1. The molecule has 1 N–H and O–H groups in total. The number of benzene rings is 2. The lowest BCUT2D eigenvalue weighted by Crippen LogP contribution is -2.33. The van der Waals surface area contributed by atoms with E-state index in [1.54, 1.807) is 11.1 Å². The van der Waals surface area contributed by atoms with Crippen molar-refractivity contribution in [2.45, 2.75) is 39.2 Å². The number of hydrogen-bond donors (Lipinski definition) is 1. The molecule has 0 aromatic heterocycles. The molecule has 0 spiro atoms. The second-order valence-electron chi connectivity index (χ2n) is 7.83. The van der Waals surface area contributed by atoms with Crippen LogP contribution in [0.15, 0.2) is 48.7 Å². The molecular formula is C24H27N3O2. The molecule has 2 aromatic carbocycles. The van der Waals surface area contributed by atoms with Crippen LogP contribution in [-0.4, -0.2) is 29.8 Å². The molecule has 1 atom stereocenters. The van der Waals surface area contributed by atoms with Gasteiger partial charge in [0.05, 0.1) is 12.5 Å². The molecular weight excluding hydrogens is 362 g/mol. The van der Waals surface area contributed by atoms with Gasteiger partial charge in [-0.3, -0.25) is 9.59 Å². The molecule has 5 heteroatoms. The maximum Gasteiger partial charge on any atom is 0.226 e. The highest BCUT2D eigenvalue weighted by Crippen LogP contribution is 2.33. The normalized spacial score (nSPS) is 17.9. The molecule has 0 aliphatic carbocycles. The van der Waals surface area contributed by atoms with Gasteiger partial charge in [0.1, 0.15) is 0 Å². The number of rotatable bonds is 4. The Hall–Kier alpha value is -3.08. The van der Waals surface area contributed by atoms with Gasteiger partial charge in [-0.05, 0) is 60.7 Å². The highest BCUT2D eigenvalue weighted by Gasteiger charge is 2.28. The Morgan fingerprint density at radius 3 is 2.59 bits per heavy atom. The van der Waals surface area contributed by atoms with Crippen LogP contribution >= 0.6 is 0 Å². The average molecular weight is 389 g/mol. The first-order valence-electron chi connectivity index (χ1n) is 10.2. The van der Waals surface area contributed by atoms with Crippen LogP contribution in [0.1, 0.15) is 48.9 Å². The van der Waals surface area contributed by atoms with Crippen LogP contribution in [-0.2, 0) is 9.59 Å². The zero-order valence-corrected chi connectivity index (χ0v) is 17.0. The molecule has 0 radical (unpaired) electrons. The molecule has 150 valence electrons. The van der Waals surface area contributed by atoms with E-state index in [1.807, 2.05) is 43.3 Å². The van der Waals surface area contributed by atoms with Crippen LogP contribution in [0.4, 0.5) is 11.4 Å². The fourth-order valence-electron chi connectivity index (χ4n) is 4.25. The molecule has 0 saturated carbocycles. The lowest BCUT2D eigenvalue weighted by atomic mass is 9.93. The summed E-state index contributed by atoms with van der Waals surface area (Å²) in [7, 11) is 0. The zero-order valence-electron chi connectivity index (χ0n) is 17.0. The van der Waals surface area contributed by atoms with Gasteiger partial charge in [0, 0.05) is 37.6 Å². The van der Waals surface area contributed by atoms with Crippen molar-refractivity contribution < 1.29 is 9.59 Å². The Balaban J connectivity index is 1.50. The number of carbonyl (C=O) groups excluding carboxylic acids is 2. The van der Waals surface area contributed by atoms with Gasteiger partial charge in [0.15, 0.2) is 0 Å². The Bertz CT molecular complexity index is 960. The summed E-state index contributed by atoms with van der Waals surface area (Å²) in [5.74, 6) is -0.164. The summed E-state index contributed by atoms with van der Waals surface area (Å²) in [5.41, 5.74) is 5.14. The van der Waals surface area contributed by atoms with Gasteiger partial charge in [-0.25, -0.2) is 0 Å². The molecule has 2 aromatic rings. The first kappa shape index (κ1) is 19.2. The summed E-state index contributed by atoms with van der Waals surface area (Å²) < 4.78 is 0. The van der Waals surface area contributed by atoms with Gasteiger partial charge in [-0.1, -0.05) is 24.3 Å². The minimum absolute atomic E-state index is 0.0697. The van der Waals surface area contributed by atoms with Gasteiger partial charge in [0.2, 0.25) is 11.8 Å². The van der Waals surface area contributed by atoms with Crippen LogP contribution in [0.3, 0.4) is 0 Å². The van der Waals surface area contributed by atoms with Crippen molar-refractivity contribution in [2.24, 2.45) is 0 Å². The predicted octanol–water partition coefficient (Wildman–Crippen LogP) is 4.50. The van der Waals surface area contributed by atoms with Crippen LogP contribution < -0.4 is 10.2 Å². The van der Waals surface area contributed by atoms with Gasteiger partial charge < -0.3 is 15.1 Å². The highest BCUT2D eigenvalue weighted by atomic mass is 16.2. The Kier molecular flexibility index (Phi) is 5.38. The standard InChI is InChI=1S/C24H27N3O2/c1-17-15-20(26-12-5-6-13-26)9-10-22(17)25-24(29)16-23-21-8-4-3-7-19(21)11-14-27(23)18(2)28/h3-4,7-11,14-15,23H,5-6,12-13,16H2,1-2H3,(H,25,29). The summed E-state index contributed by atoms with van der Waals surface area (Å²) >= 11 is 0. The van der Waals surface area contributed by atoms with Gasteiger partial charge in [0.25, 0.3) is 0 Å². The van der Waals surface area contributed by atoms with E-state index in [0.29, 0.717) is 0 Å². The monoisotopic (exact) mass is 389 g/mol. The summed E-state index contributed by atoms with van der Waals surface area (Å²) in [6.07, 6.45) is 6.39. The van der Waals surface area contributed by atoms with E-state index in [1.165, 1.54) is 25.5 Å². The first-order valence-corrected chi connectivity index (χ1v) is 10.2. The molecule has 5 nitrogen and oxygen atoms in total. The largest absolute Gasteiger partial charge is 0.372 e. The molecule has 2 amide bonds. The van der Waals surface area contributed by atoms with E-state index in [-0.39, 0.29) is 24.3 Å². The summed E-state index contributed by atoms with van der Waals surface area (Å²) in [6.45, 7) is 5.75. The lowest BCUT2D eigenvalue weighted by molar-refractivity contribution is -0.129. The predicted molar refractivity (Wildman–Crippen MR) is 117 cm³/mol. The van der Waals surface area contributed by atoms with E-state index in [4.69, 9.17) is 0 Å². The smallest absolute Gasteiger partial charge is 0.226 e. The van der Waals surface area contributed by atoms with Crippen LogP contribution in [0.25, 0.3) is 6.08 Å². The minimum atomic E-state index is -0.294. The second-order valence-corrected chi connectivity index (χ2v) is 7.83. The van der Waals surface area contributed by atoms with Crippen molar-refractivity contribution in [3.05, 3.63) is 65.4 Å². The van der Waals surface area contributed by atoms with Crippen molar-refractivity contribution in [1.82, 2.24) is 4.90 Å². The average Bonchev–Trinajstić information content (AvgIpc) is 3.24. The maximum absolute atomic E-state index is 12.9. The van der Waals surface area contributed by atoms with Gasteiger partial charge in [-0.15, -0.1) is 0 Å². The third-order valence-corrected chi connectivity index (χ3v) is 5.80. The number of hydrogen-bond acceptors (Lipinski definition) is 3. The quantitative estimate of drug-likeness (QED) is 0.838. The van der Waals surface area contributed by atoms with E-state index < -0.39 is 0 Å². The van der Waals surface area contributed by atoms with Crippen LogP contribution in [0.2, 0.25) is 0 Å². The lowest BCUT2D eigenvalue weighted by Gasteiger charge is -2.32. The first-order chi connectivity index (χ1) is 14.0.